The van der Waals surface area contributed by atoms with Gasteiger partial charge < -0.3 is 10.0 Å². The van der Waals surface area contributed by atoms with Crippen LogP contribution in [0.2, 0.25) is 0 Å². The van der Waals surface area contributed by atoms with E-state index in [4.69, 9.17) is 0 Å². The standard InChI is InChI=1S/C10H17NO/c1-11-4-8-6-2-3-7(10(6)12)9(8)5-11/h6-10,12H,2-5H2,1H3/t6-,7+,8-,9+,10?. The van der Waals surface area contributed by atoms with E-state index >= 15 is 0 Å². The molecule has 2 nitrogen and oxygen atoms in total. The van der Waals surface area contributed by atoms with E-state index in [1.165, 1.54) is 25.9 Å². The third-order valence-electron chi connectivity index (χ3n) is 4.41. The molecular weight excluding hydrogens is 150 g/mol. The van der Waals surface area contributed by atoms with Crippen LogP contribution in [0.1, 0.15) is 12.8 Å². The molecule has 2 heteroatoms. The molecular formula is C10H17NO. The molecule has 2 bridgehead atoms. The molecule has 1 N–H and O–H groups in total. The summed E-state index contributed by atoms with van der Waals surface area (Å²) in [4.78, 5) is 2.44. The monoisotopic (exact) mass is 167 g/mol. The van der Waals surface area contributed by atoms with Crippen molar-refractivity contribution in [3.05, 3.63) is 0 Å². The number of fused-ring (bicyclic) bond motifs is 5. The Balaban J connectivity index is 1.89. The van der Waals surface area contributed by atoms with Crippen molar-refractivity contribution in [2.75, 3.05) is 20.1 Å². The molecule has 0 aromatic heterocycles. The van der Waals surface area contributed by atoms with Gasteiger partial charge in [0.2, 0.25) is 0 Å². The van der Waals surface area contributed by atoms with Crippen LogP contribution in [-0.2, 0) is 0 Å². The third-order valence-corrected chi connectivity index (χ3v) is 4.41. The van der Waals surface area contributed by atoms with Crippen LogP contribution in [-0.4, -0.2) is 36.2 Å². The lowest BCUT2D eigenvalue weighted by Crippen LogP contribution is -2.23. The second-order valence-corrected chi connectivity index (χ2v) is 4.94. The van der Waals surface area contributed by atoms with Crippen molar-refractivity contribution >= 4 is 0 Å². The molecule has 2 aliphatic carbocycles. The first-order valence-electron chi connectivity index (χ1n) is 5.14. The van der Waals surface area contributed by atoms with E-state index in [1.807, 2.05) is 0 Å². The second kappa shape index (κ2) is 2.24. The van der Waals surface area contributed by atoms with E-state index in [-0.39, 0.29) is 6.10 Å². The van der Waals surface area contributed by atoms with Crippen LogP contribution < -0.4 is 0 Å². The largest absolute Gasteiger partial charge is 0.393 e. The molecule has 0 radical (unpaired) electrons. The summed E-state index contributed by atoms with van der Waals surface area (Å²) < 4.78 is 0. The predicted octanol–water partition coefficient (Wildman–Crippen LogP) is 0.565. The molecule has 0 spiro atoms. The Hall–Kier alpha value is -0.0800. The number of aliphatic hydroxyl groups excluding tert-OH is 1. The van der Waals surface area contributed by atoms with Crippen molar-refractivity contribution in [1.82, 2.24) is 4.90 Å². The fourth-order valence-corrected chi connectivity index (χ4v) is 3.95. The topological polar surface area (TPSA) is 23.5 Å². The minimum absolute atomic E-state index is 0.0636. The average molecular weight is 167 g/mol. The number of hydrogen-bond acceptors (Lipinski definition) is 2. The van der Waals surface area contributed by atoms with Crippen LogP contribution in [0.4, 0.5) is 0 Å². The van der Waals surface area contributed by atoms with Crippen molar-refractivity contribution in [3.8, 4) is 0 Å². The molecule has 1 aliphatic heterocycles. The maximum absolute atomic E-state index is 9.90. The van der Waals surface area contributed by atoms with Gasteiger partial charge in [0.15, 0.2) is 0 Å². The van der Waals surface area contributed by atoms with Crippen LogP contribution in [0.3, 0.4) is 0 Å². The Labute approximate surface area is 73.6 Å². The van der Waals surface area contributed by atoms with E-state index in [2.05, 4.69) is 11.9 Å². The summed E-state index contributed by atoms with van der Waals surface area (Å²) in [5, 5.41) is 9.90. The van der Waals surface area contributed by atoms with Gasteiger partial charge in [0.1, 0.15) is 0 Å². The quantitative estimate of drug-likeness (QED) is 0.570. The lowest BCUT2D eigenvalue weighted by Gasteiger charge is -2.21. The summed E-state index contributed by atoms with van der Waals surface area (Å²) in [6.45, 7) is 2.48. The van der Waals surface area contributed by atoms with Crippen LogP contribution in [0.25, 0.3) is 0 Å². The van der Waals surface area contributed by atoms with Gasteiger partial charge in [-0.15, -0.1) is 0 Å². The zero-order chi connectivity index (χ0) is 8.29. The van der Waals surface area contributed by atoms with Gasteiger partial charge in [-0.1, -0.05) is 0 Å². The maximum atomic E-state index is 9.90. The molecule has 0 aromatic rings. The molecule has 0 aromatic carbocycles. The van der Waals surface area contributed by atoms with Gasteiger partial charge in [0.25, 0.3) is 0 Å². The molecule has 3 rings (SSSR count). The van der Waals surface area contributed by atoms with Crippen molar-refractivity contribution < 1.29 is 5.11 Å². The summed E-state index contributed by atoms with van der Waals surface area (Å²) in [5.41, 5.74) is 0. The molecule has 2 saturated carbocycles. The molecule has 1 unspecified atom stereocenters. The molecule has 3 fully saturated rings. The summed E-state index contributed by atoms with van der Waals surface area (Å²) >= 11 is 0. The first-order valence-corrected chi connectivity index (χ1v) is 5.14. The molecule has 1 heterocycles. The maximum Gasteiger partial charge on any atom is 0.0603 e. The van der Waals surface area contributed by atoms with Crippen LogP contribution in [0.5, 0.6) is 0 Å². The highest BCUT2D eigenvalue weighted by atomic mass is 16.3. The van der Waals surface area contributed by atoms with Gasteiger partial charge in [0, 0.05) is 13.1 Å². The lowest BCUT2D eigenvalue weighted by atomic mass is 9.82. The first kappa shape index (κ1) is 7.34. The number of likely N-dealkylation sites (tertiary alicyclic amines) is 1. The fraction of sp³-hybridized carbons (Fsp3) is 1.00. The van der Waals surface area contributed by atoms with E-state index < -0.39 is 0 Å². The molecule has 1 saturated heterocycles. The summed E-state index contributed by atoms with van der Waals surface area (Å²) in [6.07, 6.45) is 2.65. The van der Waals surface area contributed by atoms with E-state index in [1.54, 1.807) is 0 Å². The van der Waals surface area contributed by atoms with Gasteiger partial charge in [-0.05, 0) is 43.6 Å². The predicted molar refractivity (Wildman–Crippen MR) is 46.7 cm³/mol. The van der Waals surface area contributed by atoms with Crippen molar-refractivity contribution in [1.29, 1.82) is 0 Å². The Morgan fingerprint density at radius 3 is 2.00 bits per heavy atom. The minimum Gasteiger partial charge on any atom is -0.393 e. The van der Waals surface area contributed by atoms with E-state index in [0.29, 0.717) is 11.8 Å². The molecule has 5 atom stereocenters. The van der Waals surface area contributed by atoms with Gasteiger partial charge in [-0.25, -0.2) is 0 Å². The summed E-state index contributed by atoms with van der Waals surface area (Å²) in [6, 6.07) is 0. The minimum atomic E-state index is 0.0636. The van der Waals surface area contributed by atoms with Crippen LogP contribution in [0.15, 0.2) is 0 Å². The zero-order valence-electron chi connectivity index (χ0n) is 7.61. The van der Waals surface area contributed by atoms with Gasteiger partial charge in [0.05, 0.1) is 6.10 Å². The van der Waals surface area contributed by atoms with Crippen molar-refractivity contribution in [2.24, 2.45) is 23.7 Å². The van der Waals surface area contributed by atoms with Crippen LogP contribution in [0, 0.1) is 23.7 Å². The second-order valence-electron chi connectivity index (χ2n) is 4.94. The Bertz CT molecular complexity index is 186. The van der Waals surface area contributed by atoms with Crippen molar-refractivity contribution in [3.63, 3.8) is 0 Å². The highest BCUT2D eigenvalue weighted by Gasteiger charge is 2.56. The number of nitrogens with zero attached hydrogens (tertiary/aromatic N) is 1. The number of hydrogen-bond donors (Lipinski definition) is 1. The fourth-order valence-electron chi connectivity index (χ4n) is 3.95. The van der Waals surface area contributed by atoms with Gasteiger partial charge in [-0.2, -0.15) is 0 Å². The van der Waals surface area contributed by atoms with Gasteiger partial charge in [-0.3, -0.25) is 0 Å². The highest BCUT2D eigenvalue weighted by molar-refractivity contribution is 5.06. The van der Waals surface area contributed by atoms with Crippen LogP contribution >= 0.6 is 0 Å². The number of aliphatic hydroxyl groups is 1. The first-order chi connectivity index (χ1) is 5.77. The lowest BCUT2D eigenvalue weighted by molar-refractivity contribution is 0.108. The van der Waals surface area contributed by atoms with E-state index in [0.717, 1.165) is 11.8 Å². The Morgan fingerprint density at radius 1 is 1.00 bits per heavy atom. The number of rotatable bonds is 0. The smallest absolute Gasteiger partial charge is 0.0603 e. The van der Waals surface area contributed by atoms with Crippen molar-refractivity contribution in [2.45, 2.75) is 18.9 Å². The SMILES string of the molecule is CN1C[C@@H]2[C@H](C1)[C@H]1CC[C@@H]2C1O. The molecule has 3 aliphatic rings. The average Bonchev–Trinajstić information content (AvgIpc) is 2.60. The molecule has 12 heavy (non-hydrogen) atoms. The Morgan fingerprint density at radius 2 is 1.50 bits per heavy atom. The van der Waals surface area contributed by atoms with E-state index in [9.17, 15) is 5.11 Å². The molecule has 68 valence electrons. The summed E-state index contributed by atoms with van der Waals surface area (Å²) in [5.74, 6) is 2.99. The highest BCUT2D eigenvalue weighted by Crippen LogP contribution is 2.54. The van der Waals surface area contributed by atoms with Gasteiger partial charge >= 0.3 is 0 Å². The molecule has 0 amide bonds. The summed E-state index contributed by atoms with van der Waals surface area (Å²) in [7, 11) is 2.21. The third kappa shape index (κ3) is 0.728. The normalized spacial score (nSPS) is 58.0. The zero-order valence-corrected chi connectivity index (χ0v) is 7.61. The Kier molecular flexibility index (Phi) is 1.37.